The number of aryl methyl sites for hydroxylation is 2. The lowest BCUT2D eigenvalue weighted by atomic mass is 10.1. The molecule has 0 spiro atoms. The average Bonchev–Trinajstić information content (AvgIpc) is 2.95. The molecule has 3 aromatic heterocycles. The third-order valence-corrected chi connectivity index (χ3v) is 4.12. The molecule has 0 aliphatic rings. The lowest BCUT2D eigenvalue weighted by Gasteiger charge is -2.14. The Morgan fingerprint density at radius 3 is 2.80 bits per heavy atom. The minimum absolute atomic E-state index is 0.208. The Kier molecular flexibility index (Phi) is 4.26. The lowest BCUT2D eigenvalue weighted by molar-refractivity contribution is 0.0946. The summed E-state index contributed by atoms with van der Waals surface area (Å²) in [6.45, 7) is 4.04. The fourth-order valence-corrected chi connectivity index (χ4v) is 2.69. The molecule has 0 atom stereocenters. The molecule has 0 saturated heterocycles. The van der Waals surface area contributed by atoms with Crippen LogP contribution in [0.2, 0.25) is 0 Å². The van der Waals surface area contributed by atoms with Gasteiger partial charge in [-0.25, -0.2) is 9.50 Å². The molecule has 0 bridgehead atoms. The van der Waals surface area contributed by atoms with E-state index in [2.05, 4.69) is 20.4 Å². The highest BCUT2D eigenvalue weighted by Crippen LogP contribution is 2.14. The summed E-state index contributed by atoms with van der Waals surface area (Å²) < 4.78 is 1.63. The summed E-state index contributed by atoms with van der Waals surface area (Å²) >= 11 is 0. The number of amides is 1. The van der Waals surface area contributed by atoms with Crippen molar-refractivity contribution in [3.63, 3.8) is 0 Å². The molecule has 25 heavy (non-hydrogen) atoms. The molecule has 3 heterocycles. The first kappa shape index (κ1) is 16.7. The maximum atomic E-state index is 12.4. The molecule has 0 fully saturated rings. The number of H-pyrrole nitrogens is 1. The predicted octanol–water partition coefficient (Wildman–Crippen LogP) is 1.03. The average molecular weight is 340 g/mol. The number of carbonyl (C=O) groups is 1. The van der Waals surface area contributed by atoms with Gasteiger partial charge in [0.1, 0.15) is 5.69 Å². The monoisotopic (exact) mass is 340 g/mol. The maximum absolute atomic E-state index is 12.4. The Balaban J connectivity index is 1.84. The number of hydrogen-bond donors (Lipinski definition) is 2. The number of aromatic amines is 1. The van der Waals surface area contributed by atoms with Gasteiger partial charge in [-0.05, 0) is 26.0 Å². The number of hydrogen-bond acceptors (Lipinski definition) is 5. The van der Waals surface area contributed by atoms with Crippen LogP contribution in [0.5, 0.6) is 0 Å². The van der Waals surface area contributed by atoms with E-state index < -0.39 is 0 Å². The lowest BCUT2D eigenvalue weighted by Crippen LogP contribution is -2.25. The van der Waals surface area contributed by atoms with E-state index in [9.17, 15) is 9.59 Å². The second kappa shape index (κ2) is 6.39. The van der Waals surface area contributed by atoms with Crippen LogP contribution in [0.15, 0.2) is 29.2 Å². The summed E-state index contributed by atoms with van der Waals surface area (Å²) in [4.78, 5) is 34.3. The van der Waals surface area contributed by atoms with Gasteiger partial charge in [0.25, 0.3) is 11.5 Å². The van der Waals surface area contributed by atoms with Gasteiger partial charge in [0.2, 0.25) is 0 Å². The van der Waals surface area contributed by atoms with E-state index in [-0.39, 0.29) is 11.5 Å². The smallest absolute Gasteiger partial charge is 0.270 e. The quantitative estimate of drug-likeness (QED) is 0.740. The highest BCUT2D eigenvalue weighted by Gasteiger charge is 2.13. The van der Waals surface area contributed by atoms with Gasteiger partial charge in [-0.1, -0.05) is 0 Å². The number of nitrogens with one attached hydrogen (secondary N) is 2. The van der Waals surface area contributed by atoms with Crippen LogP contribution in [-0.2, 0) is 6.54 Å². The van der Waals surface area contributed by atoms with Gasteiger partial charge in [-0.3, -0.25) is 19.7 Å². The molecule has 0 unspecified atom stereocenters. The minimum atomic E-state index is -0.261. The molecular formula is C17H20N6O2. The van der Waals surface area contributed by atoms with Crippen LogP contribution < -0.4 is 15.8 Å². The van der Waals surface area contributed by atoms with Crippen molar-refractivity contribution in [2.24, 2.45) is 0 Å². The van der Waals surface area contributed by atoms with Gasteiger partial charge in [0.05, 0.1) is 0 Å². The van der Waals surface area contributed by atoms with Crippen molar-refractivity contribution in [2.45, 2.75) is 20.4 Å². The van der Waals surface area contributed by atoms with Crippen LogP contribution >= 0.6 is 0 Å². The fourth-order valence-electron chi connectivity index (χ4n) is 2.69. The largest absolute Gasteiger partial charge is 0.378 e. The number of pyridine rings is 1. The van der Waals surface area contributed by atoms with E-state index in [0.717, 1.165) is 22.6 Å². The fraction of sp³-hybridized carbons (Fsp3) is 0.294. The highest BCUT2D eigenvalue weighted by molar-refractivity contribution is 5.93. The van der Waals surface area contributed by atoms with E-state index in [1.807, 2.05) is 38.9 Å². The van der Waals surface area contributed by atoms with E-state index in [1.54, 1.807) is 16.8 Å². The van der Waals surface area contributed by atoms with Gasteiger partial charge in [-0.15, -0.1) is 0 Å². The summed E-state index contributed by atoms with van der Waals surface area (Å²) in [5.41, 5.74) is 4.07. The highest BCUT2D eigenvalue weighted by atomic mass is 16.2. The molecule has 0 saturated carbocycles. The normalized spacial score (nSPS) is 10.9. The van der Waals surface area contributed by atoms with Gasteiger partial charge < -0.3 is 10.2 Å². The molecule has 3 aromatic rings. The summed E-state index contributed by atoms with van der Waals surface area (Å²) in [5.74, 6) is -0.261. The van der Waals surface area contributed by atoms with Crippen molar-refractivity contribution in [2.75, 3.05) is 19.0 Å². The SMILES string of the molecule is Cc1nc2cc(=O)[nH]n2c(C)c1CNC(=O)c1cc(N(C)C)ccn1. The van der Waals surface area contributed by atoms with Crippen molar-refractivity contribution < 1.29 is 4.79 Å². The first-order valence-electron chi connectivity index (χ1n) is 7.86. The molecule has 3 rings (SSSR count). The van der Waals surface area contributed by atoms with Crippen LogP contribution in [0, 0.1) is 13.8 Å². The Hall–Kier alpha value is -3.16. The molecule has 0 radical (unpaired) electrons. The molecular weight excluding hydrogens is 320 g/mol. The van der Waals surface area contributed by atoms with Crippen molar-refractivity contribution in [1.29, 1.82) is 0 Å². The number of nitrogens with zero attached hydrogens (tertiary/aromatic N) is 4. The van der Waals surface area contributed by atoms with Gasteiger partial charge >= 0.3 is 0 Å². The van der Waals surface area contributed by atoms with Crippen molar-refractivity contribution in [3.8, 4) is 0 Å². The third-order valence-electron chi connectivity index (χ3n) is 4.12. The Labute approximate surface area is 144 Å². The standard InChI is InChI=1S/C17H20N6O2/c1-10-13(11(2)23-15(20-10)8-16(24)21-23)9-19-17(25)14-7-12(22(3)4)5-6-18-14/h5-8H,9H2,1-4H3,(H,19,25)(H,21,24). The van der Waals surface area contributed by atoms with E-state index in [0.29, 0.717) is 17.9 Å². The second-order valence-corrected chi connectivity index (χ2v) is 6.05. The number of fused-ring (bicyclic) bond motifs is 1. The van der Waals surface area contributed by atoms with E-state index >= 15 is 0 Å². The van der Waals surface area contributed by atoms with Crippen LogP contribution in [0.25, 0.3) is 5.65 Å². The third kappa shape index (κ3) is 3.23. The Bertz CT molecular complexity index is 1000. The van der Waals surface area contributed by atoms with Gasteiger partial charge in [-0.2, -0.15) is 0 Å². The van der Waals surface area contributed by atoms with E-state index in [1.165, 1.54) is 6.07 Å². The number of carbonyl (C=O) groups excluding carboxylic acids is 1. The molecule has 0 aliphatic carbocycles. The number of aromatic nitrogens is 4. The molecule has 0 aliphatic heterocycles. The molecule has 130 valence electrons. The minimum Gasteiger partial charge on any atom is -0.378 e. The zero-order valence-corrected chi connectivity index (χ0v) is 14.6. The van der Waals surface area contributed by atoms with Crippen LogP contribution in [0.3, 0.4) is 0 Å². The first-order chi connectivity index (χ1) is 11.9. The van der Waals surface area contributed by atoms with Crippen LogP contribution in [-0.4, -0.2) is 39.6 Å². The second-order valence-electron chi connectivity index (χ2n) is 6.05. The Morgan fingerprint density at radius 2 is 2.08 bits per heavy atom. The zero-order chi connectivity index (χ0) is 18.1. The van der Waals surface area contributed by atoms with E-state index in [4.69, 9.17) is 0 Å². The van der Waals surface area contributed by atoms with Gasteiger partial charge in [0.15, 0.2) is 5.65 Å². The predicted molar refractivity (Wildman–Crippen MR) is 95.0 cm³/mol. The van der Waals surface area contributed by atoms with Crippen LogP contribution in [0.4, 0.5) is 5.69 Å². The zero-order valence-electron chi connectivity index (χ0n) is 14.6. The summed E-state index contributed by atoms with van der Waals surface area (Å²) in [6.07, 6.45) is 1.61. The molecule has 8 nitrogen and oxygen atoms in total. The molecule has 0 aromatic carbocycles. The van der Waals surface area contributed by atoms with Gasteiger partial charge in [0, 0.05) is 55.5 Å². The summed E-state index contributed by atoms with van der Waals surface area (Å²) in [6, 6.07) is 5.02. The van der Waals surface area contributed by atoms with Crippen LogP contribution in [0.1, 0.15) is 27.4 Å². The maximum Gasteiger partial charge on any atom is 0.270 e. The molecule has 8 heteroatoms. The summed E-state index contributed by atoms with van der Waals surface area (Å²) in [5, 5.41) is 5.57. The Morgan fingerprint density at radius 1 is 1.32 bits per heavy atom. The number of rotatable bonds is 4. The summed E-state index contributed by atoms with van der Waals surface area (Å²) in [7, 11) is 3.81. The van der Waals surface area contributed by atoms with Crippen molar-refractivity contribution in [1.82, 2.24) is 24.9 Å². The topological polar surface area (TPSA) is 95.4 Å². The van der Waals surface area contributed by atoms with Crippen molar-refractivity contribution >= 4 is 17.2 Å². The number of anilines is 1. The molecule has 2 N–H and O–H groups in total. The molecule has 1 amide bonds. The van der Waals surface area contributed by atoms with Crippen molar-refractivity contribution in [3.05, 3.63) is 57.4 Å². The first-order valence-corrected chi connectivity index (χ1v) is 7.86.